The van der Waals surface area contributed by atoms with Gasteiger partial charge in [-0.15, -0.1) is 0 Å². The van der Waals surface area contributed by atoms with Crippen LogP contribution in [0.5, 0.6) is 0 Å². The van der Waals surface area contributed by atoms with Crippen molar-refractivity contribution in [3.8, 4) is 0 Å². The molecule has 100 valence electrons. The molecule has 0 aliphatic rings. The Morgan fingerprint density at radius 1 is 1.21 bits per heavy atom. The van der Waals surface area contributed by atoms with Crippen LogP contribution in [0.25, 0.3) is 5.52 Å². The Labute approximate surface area is 109 Å². The fourth-order valence-corrected chi connectivity index (χ4v) is 1.79. The molecule has 2 heterocycles. The second-order valence-corrected chi connectivity index (χ2v) is 3.71. The molecule has 0 saturated carbocycles. The Morgan fingerprint density at radius 3 is 2.58 bits per heavy atom. The third kappa shape index (κ3) is 2.42. The summed E-state index contributed by atoms with van der Waals surface area (Å²) in [7, 11) is 0. The van der Waals surface area contributed by atoms with Crippen LogP contribution in [-0.4, -0.2) is 34.8 Å². The molecule has 0 saturated heterocycles. The van der Waals surface area contributed by atoms with Crippen molar-refractivity contribution in [3.05, 3.63) is 35.7 Å². The van der Waals surface area contributed by atoms with Crippen molar-refractivity contribution in [3.63, 3.8) is 0 Å². The maximum absolute atomic E-state index is 12.0. The molecule has 2 rings (SSSR count). The molecule has 0 bridgehead atoms. The van der Waals surface area contributed by atoms with Gasteiger partial charge in [0, 0.05) is 12.4 Å². The predicted octanol–water partition coefficient (Wildman–Crippen LogP) is 1.69. The molecular weight excluding hydrogens is 248 g/mol. The molecule has 0 aromatic carbocycles. The molecule has 2 aromatic heterocycles. The number of carbonyl (C=O) groups is 2. The second-order valence-electron chi connectivity index (χ2n) is 3.71. The van der Waals surface area contributed by atoms with Crippen molar-refractivity contribution in [1.82, 2.24) is 9.61 Å². The first-order valence-corrected chi connectivity index (χ1v) is 5.99. The molecule has 0 aliphatic carbocycles. The lowest BCUT2D eigenvalue weighted by molar-refractivity contribution is 0.0482. The summed E-state index contributed by atoms with van der Waals surface area (Å²) in [5.41, 5.74) is 0.872. The van der Waals surface area contributed by atoms with Crippen molar-refractivity contribution in [2.45, 2.75) is 13.8 Å². The lowest BCUT2D eigenvalue weighted by Gasteiger charge is -2.04. The number of rotatable bonds is 4. The Morgan fingerprint density at radius 2 is 1.89 bits per heavy atom. The summed E-state index contributed by atoms with van der Waals surface area (Å²) in [5, 5.41) is 4.05. The van der Waals surface area contributed by atoms with E-state index in [-0.39, 0.29) is 24.3 Å². The van der Waals surface area contributed by atoms with Crippen molar-refractivity contribution in [2.24, 2.45) is 0 Å². The fourth-order valence-electron chi connectivity index (χ4n) is 1.79. The van der Waals surface area contributed by atoms with Gasteiger partial charge >= 0.3 is 11.9 Å². The molecule has 2 aromatic rings. The number of carbonyl (C=O) groups excluding carboxylic acids is 2. The maximum Gasteiger partial charge on any atom is 0.341 e. The first-order chi connectivity index (χ1) is 9.19. The van der Waals surface area contributed by atoms with Gasteiger partial charge in [-0.05, 0) is 26.0 Å². The zero-order chi connectivity index (χ0) is 13.8. The lowest BCUT2D eigenvalue weighted by atomic mass is 10.1. The van der Waals surface area contributed by atoms with Crippen LogP contribution in [0.2, 0.25) is 0 Å². The summed E-state index contributed by atoms with van der Waals surface area (Å²) >= 11 is 0. The van der Waals surface area contributed by atoms with Crippen molar-refractivity contribution < 1.29 is 19.1 Å². The highest BCUT2D eigenvalue weighted by molar-refractivity contribution is 6.08. The molecule has 0 spiro atoms. The molecule has 0 radical (unpaired) electrons. The van der Waals surface area contributed by atoms with Crippen molar-refractivity contribution >= 4 is 17.5 Å². The van der Waals surface area contributed by atoms with Gasteiger partial charge < -0.3 is 9.47 Å². The van der Waals surface area contributed by atoms with Gasteiger partial charge in [0.05, 0.1) is 24.3 Å². The molecular formula is C13H14N2O4. The average molecular weight is 262 g/mol. The van der Waals surface area contributed by atoms with E-state index in [2.05, 4.69) is 5.10 Å². The van der Waals surface area contributed by atoms with Crippen LogP contribution in [-0.2, 0) is 9.47 Å². The van der Waals surface area contributed by atoms with Gasteiger partial charge in [0.15, 0.2) is 0 Å². The number of aromatic nitrogens is 2. The molecule has 6 nitrogen and oxygen atoms in total. The SMILES string of the molecule is CCOC(=O)c1cn2ncccc2c1C(=O)OCC. The maximum atomic E-state index is 12.0. The van der Waals surface area contributed by atoms with E-state index in [9.17, 15) is 9.59 Å². The highest BCUT2D eigenvalue weighted by atomic mass is 16.5. The summed E-state index contributed by atoms with van der Waals surface area (Å²) < 4.78 is 11.4. The summed E-state index contributed by atoms with van der Waals surface area (Å²) in [6.45, 7) is 3.88. The second kappa shape index (κ2) is 5.51. The third-order valence-electron chi connectivity index (χ3n) is 2.53. The summed E-state index contributed by atoms with van der Waals surface area (Å²) in [5.74, 6) is -1.11. The zero-order valence-electron chi connectivity index (χ0n) is 10.8. The van der Waals surface area contributed by atoms with Gasteiger partial charge in [0.2, 0.25) is 0 Å². The average Bonchev–Trinajstić information content (AvgIpc) is 2.78. The quantitative estimate of drug-likeness (QED) is 0.784. The molecule has 6 heteroatoms. The molecule has 0 aliphatic heterocycles. The molecule has 0 amide bonds. The van der Waals surface area contributed by atoms with E-state index in [0.717, 1.165) is 0 Å². The molecule has 0 fully saturated rings. The fraction of sp³-hybridized carbons (Fsp3) is 0.308. The van der Waals surface area contributed by atoms with Crippen LogP contribution >= 0.6 is 0 Å². The first-order valence-electron chi connectivity index (χ1n) is 5.99. The lowest BCUT2D eigenvalue weighted by Crippen LogP contribution is -2.12. The van der Waals surface area contributed by atoms with Gasteiger partial charge in [-0.3, -0.25) is 0 Å². The third-order valence-corrected chi connectivity index (χ3v) is 2.53. The van der Waals surface area contributed by atoms with Crippen LogP contribution < -0.4 is 0 Å². The van der Waals surface area contributed by atoms with Gasteiger partial charge in [-0.1, -0.05) is 0 Å². The first kappa shape index (κ1) is 13.1. The normalized spacial score (nSPS) is 10.4. The Hall–Kier alpha value is -2.37. The highest BCUT2D eigenvalue weighted by Crippen LogP contribution is 2.20. The molecule has 0 unspecified atom stereocenters. The number of hydrogen-bond donors (Lipinski definition) is 0. The van der Waals surface area contributed by atoms with E-state index in [1.54, 1.807) is 32.2 Å². The Bertz CT molecular complexity index is 618. The van der Waals surface area contributed by atoms with Crippen LogP contribution in [0.3, 0.4) is 0 Å². The molecule has 19 heavy (non-hydrogen) atoms. The van der Waals surface area contributed by atoms with E-state index in [0.29, 0.717) is 5.52 Å². The minimum absolute atomic E-state index is 0.166. The molecule has 0 atom stereocenters. The summed E-state index contributed by atoms with van der Waals surface area (Å²) in [6.07, 6.45) is 3.04. The van der Waals surface area contributed by atoms with E-state index in [4.69, 9.17) is 9.47 Å². The van der Waals surface area contributed by atoms with Gasteiger partial charge in [-0.2, -0.15) is 5.10 Å². The van der Waals surface area contributed by atoms with Gasteiger partial charge in [0.1, 0.15) is 5.56 Å². The van der Waals surface area contributed by atoms with Crippen LogP contribution in [0, 0.1) is 0 Å². The van der Waals surface area contributed by atoms with E-state index < -0.39 is 11.9 Å². The van der Waals surface area contributed by atoms with Crippen molar-refractivity contribution in [1.29, 1.82) is 0 Å². The summed E-state index contributed by atoms with van der Waals surface area (Å²) in [6, 6.07) is 3.38. The number of esters is 2. The number of fused-ring (bicyclic) bond motifs is 1. The smallest absolute Gasteiger partial charge is 0.341 e. The van der Waals surface area contributed by atoms with Gasteiger partial charge in [-0.25, -0.2) is 14.1 Å². The minimum Gasteiger partial charge on any atom is -0.462 e. The van der Waals surface area contributed by atoms with E-state index in [1.807, 2.05) is 0 Å². The number of nitrogens with zero attached hydrogens (tertiary/aromatic N) is 2. The topological polar surface area (TPSA) is 69.9 Å². The van der Waals surface area contributed by atoms with Crippen LogP contribution in [0.15, 0.2) is 24.5 Å². The van der Waals surface area contributed by atoms with Crippen LogP contribution in [0.1, 0.15) is 34.6 Å². The van der Waals surface area contributed by atoms with E-state index >= 15 is 0 Å². The Balaban J connectivity index is 2.58. The zero-order valence-corrected chi connectivity index (χ0v) is 10.8. The highest BCUT2D eigenvalue weighted by Gasteiger charge is 2.24. The summed E-state index contributed by atoms with van der Waals surface area (Å²) in [4.78, 5) is 23.9. The number of ether oxygens (including phenoxy) is 2. The minimum atomic E-state index is -0.559. The largest absolute Gasteiger partial charge is 0.462 e. The van der Waals surface area contributed by atoms with Crippen molar-refractivity contribution in [2.75, 3.05) is 13.2 Å². The predicted molar refractivity (Wildman–Crippen MR) is 67.1 cm³/mol. The standard InChI is InChI=1S/C13H14N2O4/c1-3-18-12(16)9-8-15-10(6-5-7-14-15)11(9)13(17)19-4-2/h5-8H,3-4H2,1-2H3. The number of hydrogen-bond acceptors (Lipinski definition) is 5. The Kier molecular flexibility index (Phi) is 3.79. The molecule has 0 N–H and O–H groups in total. The van der Waals surface area contributed by atoms with E-state index in [1.165, 1.54) is 10.7 Å². The van der Waals surface area contributed by atoms with Gasteiger partial charge in [0.25, 0.3) is 0 Å². The van der Waals surface area contributed by atoms with Crippen LogP contribution in [0.4, 0.5) is 0 Å². The monoisotopic (exact) mass is 262 g/mol.